The van der Waals surface area contributed by atoms with Gasteiger partial charge < -0.3 is 15.5 Å². The molecule has 2 fully saturated rings. The Morgan fingerprint density at radius 2 is 1.70 bits per heavy atom. The molecule has 0 saturated carbocycles. The number of fused-ring (bicyclic) bond motifs is 1. The highest BCUT2D eigenvalue weighted by atomic mass is 19.4. The van der Waals surface area contributed by atoms with Gasteiger partial charge in [0.1, 0.15) is 5.82 Å². The lowest BCUT2D eigenvalue weighted by Gasteiger charge is -2.33. The predicted octanol–water partition coefficient (Wildman–Crippen LogP) is 4.13. The van der Waals surface area contributed by atoms with Gasteiger partial charge in [-0.15, -0.1) is 10.2 Å². The second kappa shape index (κ2) is 11.3. The summed E-state index contributed by atoms with van der Waals surface area (Å²) in [5.41, 5.74) is 5.87. The van der Waals surface area contributed by atoms with Gasteiger partial charge in [-0.1, -0.05) is 26.0 Å². The normalized spacial score (nSPS) is 20.0. The van der Waals surface area contributed by atoms with Crippen molar-refractivity contribution in [2.75, 3.05) is 32.7 Å². The van der Waals surface area contributed by atoms with Gasteiger partial charge in [-0.2, -0.15) is 18.3 Å². The molecule has 2 aliphatic rings. The van der Waals surface area contributed by atoms with Gasteiger partial charge in [0.2, 0.25) is 5.91 Å². The molecule has 2 saturated heterocycles. The Morgan fingerprint density at radius 3 is 2.26 bits per heavy atom. The van der Waals surface area contributed by atoms with Gasteiger partial charge in [0.25, 0.3) is 5.91 Å². The minimum Gasteiger partial charge on any atom is -0.369 e. The quantitative estimate of drug-likeness (QED) is 0.389. The van der Waals surface area contributed by atoms with Crippen molar-refractivity contribution in [1.29, 1.82) is 0 Å². The monoisotopic (exact) mass is 601 g/mol. The van der Waals surface area contributed by atoms with Gasteiger partial charge in [0.05, 0.1) is 22.4 Å². The average molecular weight is 602 g/mol. The fraction of sp³-hybridized carbons (Fsp3) is 0.500. The van der Waals surface area contributed by atoms with Crippen LogP contribution in [0.3, 0.4) is 0 Å². The molecule has 0 radical (unpaired) electrons. The van der Waals surface area contributed by atoms with Crippen molar-refractivity contribution in [3.8, 4) is 5.82 Å². The summed E-state index contributed by atoms with van der Waals surface area (Å²) in [6.07, 6.45) is -3.97. The van der Waals surface area contributed by atoms with Crippen LogP contribution in [0.5, 0.6) is 0 Å². The number of halogens is 4. The number of carbonyl (C=O) groups excluding carboxylic acids is 2. The number of rotatable bonds is 8. The van der Waals surface area contributed by atoms with Crippen LogP contribution in [0.1, 0.15) is 59.2 Å². The van der Waals surface area contributed by atoms with Crippen LogP contribution < -0.4 is 5.73 Å². The lowest BCUT2D eigenvalue weighted by atomic mass is 9.72. The van der Waals surface area contributed by atoms with E-state index in [9.17, 15) is 27.2 Å². The third-order valence-corrected chi connectivity index (χ3v) is 9.00. The van der Waals surface area contributed by atoms with Gasteiger partial charge >= 0.3 is 6.18 Å². The van der Waals surface area contributed by atoms with Gasteiger partial charge in [0, 0.05) is 26.2 Å². The van der Waals surface area contributed by atoms with Crippen LogP contribution in [0.4, 0.5) is 17.6 Å². The van der Waals surface area contributed by atoms with Gasteiger partial charge in [-0.05, 0) is 74.4 Å². The maximum absolute atomic E-state index is 14.0. The molecular weight excluding hydrogens is 566 g/mol. The molecule has 2 aliphatic heterocycles. The first-order chi connectivity index (χ1) is 20.2. The molecule has 0 bridgehead atoms. The molecule has 1 aromatic carbocycles. The Hall–Kier alpha value is -3.87. The highest BCUT2D eigenvalue weighted by Gasteiger charge is 2.43. The maximum Gasteiger partial charge on any atom is 0.435 e. The van der Waals surface area contributed by atoms with E-state index in [0.717, 1.165) is 24.7 Å². The number of carbonyl (C=O) groups is 2. The number of benzene rings is 1. The number of aryl methyl sites for hydroxylation is 1. The van der Waals surface area contributed by atoms with Crippen molar-refractivity contribution < 1.29 is 27.2 Å². The van der Waals surface area contributed by atoms with Crippen LogP contribution in [0.15, 0.2) is 36.4 Å². The fourth-order valence-electron chi connectivity index (χ4n) is 6.51. The van der Waals surface area contributed by atoms with Crippen molar-refractivity contribution in [1.82, 2.24) is 29.8 Å². The SMILES string of the molecule is Cc1nn(-c2ccc(C(F)(F)F)nn2)c(C)c1C(=O)N1CC2CN(CC[C@@H](c3cccc(F)c3)C(C)(C)C(N)=O)CC2C1. The topological polar surface area (TPSA) is 110 Å². The van der Waals surface area contributed by atoms with Crippen molar-refractivity contribution >= 4 is 11.8 Å². The van der Waals surface area contributed by atoms with E-state index >= 15 is 0 Å². The van der Waals surface area contributed by atoms with Crippen LogP contribution in [0.2, 0.25) is 0 Å². The molecule has 3 atom stereocenters. The van der Waals surface area contributed by atoms with Gasteiger partial charge in [-0.3, -0.25) is 9.59 Å². The van der Waals surface area contributed by atoms with Gasteiger partial charge in [-0.25, -0.2) is 9.07 Å². The van der Waals surface area contributed by atoms with Crippen LogP contribution in [0, 0.1) is 36.9 Å². The fourth-order valence-corrected chi connectivity index (χ4v) is 6.51. The van der Waals surface area contributed by atoms with Crippen LogP contribution >= 0.6 is 0 Å². The van der Waals surface area contributed by atoms with E-state index in [0.29, 0.717) is 43.0 Å². The number of nitrogens with two attached hydrogens (primary N) is 1. The number of amides is 2. The maximum atomic E-state index is 14.0. The summed E-state index contributed by atoms with van der Waals surface area (Å²) in [5.74, 6) is -0.570. The molecule has 13 heteroatoms. The third-order valence-electron chi connectivity index (χ3n) is 9.00. The summed E-state index contributed by atoms with van der Waals surface area (Å²) < 4.78 is 54.1. The number of aromatic nitrogens is 4. The standard InChI is InChI=1S/C30H35F4N7O2/c1-17-26(18(2)41(38-17)25-9-8-24(36-37-25)30(32,33)34)27(42)40-15-20-13-39(14-21(20)16-40)11-10-23(29(3,4)28(35)43)19-6-5-7-22(31)12-19/h5-9,12,20-21,23H,10-11,13-16H2,1-4H3,(H2,35,43)/t20?,21?,23-/m0/s1. The molecule has 2 amide bonds. The first kappa shape index (κ1) is 30.6. The molecule has 9 nitrogen and oxygen atoms in total. The van der Waals surface area contributed by atoms with Crippen LogP contribution in [0.25, 0.3) is 5.82 Å². The highest BCUT2D eigenvalue weighted by molar-refractivity contribution is 5.96. The first-order valence-electron chi connectivity index (χ1n) is 14.2. The Morgan fingerprint density at radius 1 is 1.02 bits per heavy atom. The number of hydrogen-bond donors (Lipinski definition) is 1. The summed E-state index contributed by atoms with van der Waals surface area (Å²) in [4.78, 5) is 30.1. The zero-order valence-corrected chi connectivity index (χ0v) is 24.5. The molecule has 3 aromatic rings. The average Bonchev–Trinajstić information content (AvgIpc) is 3.59. The lowest BCUT2D eigenvalue weighted by Crippen LogP contribution is -2.39. The van der Waals surface area contributed by atoms with E-state index in [2.05, 4.69) is 20.2 Å². The van der Waals surface area contributed by atoms with Crippen molar-refractivity contribution in [2.45, 2.75) is 46.2 Å². The summed E-state index contributed by atoms with van der Waals surface area (Å²) in [6.45, 7) is 10.4. The van der Waals surface area contributed by atoms with Crippen LogP contribution in [-0.4, -0.2) is 74.3 Å². The molecule has 2 N–H and O–H groups in total. The smallest absolute Gasteiger partial charge is 0.369 e. The lowest BCUT2D eigenvalue weighted by molar-refractivity contribution is -0.141. The first-order valence-corrected chi connectivity index (χ1v) is 14.2. The molecule has 2 unspecified atom stereocenters. The van der Waals surface area contributed by atoms with Crippen LogP contribution in [-0.2, 0) is 11.0 Å². The largest absolute Gasteiger partial charge is 0.435 e. The molecule has 5 rings (SSSR count). The van der Waals surface area contributed by atoms with Gasteiger partial charge in [0.15, 0.2) is 11.5 Å². The van der Waals surface area contributed by atoms with E-state index in [1.165, 1.54) is 22.9 Å². The molecule has 0 aliphatic carbocycles. The van der Waals surface area contributed by atoms with Crippen molar-refractivity contribution in [2.24, 2.45) is 23.0 Å². The molecule has 4 heterocycles. The zero-order chi connectivity index (χ0) is 31.3. The van der Waals surface area contributed by atoms with E-state index in [1.54, 1.807) is 33.8 Å². The minimum absolute atomic E-state index is 0.0950. The number of alkyl halides is 3. The Bertz CT molecular complexity index is 1510. The number of primary amides is 1. The number of hydrogen-bond acceptors (Lipinski definition) is 6. The molecule has 43 heavy (non-hydrogen) atoms. The second-order valence-corrected chi connectivity index (χ2v) is 12.2. The number of nitrogens with zero attached hydrogens (tertiary/aromatic N) is 6. The Kier molecular flexibility index (Phi) is 8.05. The van der Waals surface area contributed by atoms with E-state index in [1.807, 2.05) is 11.0 Å². The summed E-state index contributed by atoms with van der Waals surface area (Å²) in [7, 11) is 0. The minimum atomic E-state index is -4.60. The molecular formula is C30H35F4N7O2. The summed E-state index contributed by atoms with van der Waals surface area (Å²) in [6, 6.07) is 8.34. The third kappa shape index (κ3) is 5.99. The molecule has 0 spiro atoms. The molecule has 230 valence electrons. The highest BCUT2D eigenvalue weighted by Crippen LogP contribution is 2.40. The van der Waals surface area contributed by atoms with E-state index in [4.69, 9.17) is 5.73 Å². The van der Waals surface area contributed by atoms with E-state index < -0.39 is 23.2 Å². The van der Waals surface area contributed by atoms with E-state index in [-0.39, 0.29) is 35.3 Å². The predicted molar refractivity (Wildman–Crippen MR) is 150 cm³/mol. The second-order valence-electron chi connectivity index (χ2n) is 12.2. The van der Waals surface area contributed by atoms with Crippen molar-refractivity contribution in [3.05, 3.63) is 70.4 Å². The summed E-state index contributed by atoms with van der Waals surface area (Å²) >= 11 is 0. The number of likely N-dealkylation sites (tertiary alicyclic amines) is 2. The Labute approximate surface area is 247 Å². The summed E-state index contributed by atoms with van der Waals surface area (Å²) in [5, 5.41) is 11.3. The Balaban J connectivity index is 1.23. The zero-order valence-electron chi connectivity index (χ0n) is 24.5. The van der Waals surface area contributed by atoms with Crippen molar-refractivity contribution in [3.63, 3.8) is 0 Å². The molecule has 2 aromatic heterocycles.